The van der Waals surface area contributed by atoms with E-state index in [9.17, 15) is 14.7 Å². The van der Waals surface area contributed by atoms with Gasteiger partial charge in [-0.3, -0.25) is 4.79 Å². The molecule has 0 aromatic heterocycles. The van der Waals surface area contributed by atoms with Crippen molar-refractivity contribution in [3.8, 4) is 33.4 Å². The zero-order valence-electron chi connectivity index (χ0n) is 39.3. The van der Waals surface area contributed by atoms with Gasteiger partial charge in [0.1, 0.15) is 6.61 Å². The summed E-state index contributed by atoms with van der Waals surface area (Å²) in [6.07, 6.45) is 2.71. The first-order chi connectivity index (χ1) is 32.3. The molecule has 5 heteroatoms. The molecule has 0 fully saturated rings. The van der Waals surface area contributed by atoms with E-state index in [0.717, 1.165) is 70.2 Å². The number of carbonyl (C=O) groups is 2. The molecular formula is C62H56O5. The molecule has 0 spiro atoms. The number of ether oxygens (including phenoxy) is 2. The maximum Gasteiger partial charge on any atom is 0.505 e. The minimum absolute atomic E-state index is 0.0229. The van der Waals surface area contributed by atoms with E-state index in [4.69, 9.17) is 9.47 Å². The third-order valence-corrected chi connectivity index (χ3v) is 14.7. The predicted octanol–water partition coefficient (Wildman–Crippen LogP) is 16.4. The lowest BCUT2D eigenvalue weighted by atomic mass is 9.73. The number of hydrogen-bond donors (Lipinski definition) is 1. The zero-order chi connectivity index (χ0) is 46.4. The number of carbonyl (C=O) groups excluding carboxylic acids is 1. The Labute approximate surface area is 392 Å². The lowest BCUT2D eigenvalue weighted by molar-refractivity contribution is -0.141. The molecule has 1 atom stereocenters. The first-order valence-electron chi connectivity index (χ1n) is 24.0. The van der Waals surface area contributed by atoms with Gasteiger partial charge in [-0.05, 0) is 163 Å². The molecule has 11 rings (SSSR count). The Morgan fingerprint density at radius 1 is 0.552 bits per heavy atom. The minimum atomic E-state index is -1.29. The molecule has 0 radical (unpaired) electrons. The van der Waals surface area contributed by atoms with E-state index in [1.807, 2.05) is 0 Å². The molecule has 0 aliphatic heterocycles. The van der Waals surface area contributed by atoms with Crippen LogP contribution in [0.5, 0.6) is 0 Å². The highest BCUT2D eigenvalue weighted by atomic mass is 16.7. The van der Waals surface area contributed by atoms with Crippen molar-refractivity contribution in [1.82, 2.24) is 0 Å². The van der Waals surface area contributed by atoms with E-state index in [2.05, 4.69) is 168 Å². The molecule has 1 N–H and O–H groups in total. The molecule has 0 heterocycles. The fraction of sp³-hybridized carbons (Fsp3) is 0.258. The molecule has 334 valence electrons. The number of rotatable bonds is 12. The Morgan fingerprint density at radius 3 is 1.52 bits per heavy atom. The van der Waals surface area contributed by atoms with E-state index in [0.29, 0.717) is 18.9 Å². The second kappa shape index (κ2) is 16.1. The quantitative estimate of drug-likeness (QED) is 0.0752. The molecule has 10 aromatic rings. The van der Waals surface area contributed by atoms with Crippen LogP contribution in [0.2, 0.25) is 0 Å². The maximum atomic E-state index is 12.5. The molecule has 5 nitrogen and oxygen atoms in total. The van der Waals surface area contributed by atoms with Crippen LogP contribution in [-0.4, -0.2) is 30.4 Å². The molecule has 0 saturated carbocycles. The van der Waals surface area contributed by atoms with Gasteiger partial charge < -0.3 is 14.6 Å². The zero-order valence-corrected chi connectivity index (χ0v) is 39.3. The molecular weight excluding hydrogens is 825 g/mol. The summed E-state index contributed by atoms with van der Waals surface area (Å²) in [7, 11) is 0. The van der Waals surface area contributed by atoms with Crippen molar-refractivity contribution in [2.45, 2.75) is 84.5 Å². The maximum absolute atomic E-state index is 12.5. The Kier molecular flexibility index (Phi) is 10.3. The van der Waals surface area contributed by atoms with Crippen LogP contribution < -0.4 is 0 Å². The third-order valence-electron chi connectivity index (χ3n) is 14.7. The number of benzene rings is 10. The van der Waals surface area contributed by atoms with E-state index < -0.39 is 11.6 Å². The second-order valence-corrected chi connectivity index (χ2v) is 20.7. The van der Waals surface area contributed by atoms with Crippen molar-refractivity contribution in [3.63, 3.8) is 0 Å². The predicted molar refractivity (Wildman–Crippen MR) is 277 cm³/mol. The van der Waals surface area contributed by atoms with Crippen molar-refractivity contribution < 1.29 is 24.2 Å². The summed E-state index contributed by atoms with van der Waals surface area (Å²) >= 11 is 0. The minimum Gasteiger partial charge on any atom is -0.466 e. The highest BCUT2D eigenvalue weighted by Crippen LogP contribution is 2.55. The summed E-state index contributed by atoms with van der Waals surface area (Å²) in [5, 5.41) is 25.2. The van der Waals surface area contributed by atoms with Crippen molar-refractivity contribution in [2.75, 3.05) is 13.2 Å². The smallest absolute Gasteiger partial charge is 0.466 e. The largest absolute Gasteiger partial charge is 0.505 e. The van der Waals surface area contributed by atoms with Crippen LogP contribution in [0.3, 0.4) is 0 Å². The number of unbranched alkanes of at least 4 members (excludes halogenated alkanes) is 2. The van der Waals surface area contributed by atoms with Crippen LogP contribution in [-0.2, 0) is 31.5 Å². The van der Waals surface area contributed by atoms with Gasteiger partial charge in [0.05, 0.1) is 12.0 Å². The van der Waals surface area contributed by atoms with Gasteiger partial charge in [-0.2, -0.15) is 0 Å². The normalized spacial score (nSPS) is 14.9. The summed E-state index contributed by atoms with van der Waals surface area (Å²) in [6, 6.07) is 50.1. The van der Waals surface area contributed by atoms with E-state index >= 15 is 0 Å². The number of hydrogen-bond acceptors (Lipinski definition) is 4. The van der Waals surface area contributed by atoms with Crippen molar-refractivity contribution in [2.24, 2.45) is 5.92 Å². The Morgan fingerprint density at radius 2 is 1.03 bits per heavy atom. The first-order valence-corrected chi connectivity index (χ1v) is 24.0. The van der Waals surface area contributed by atoms with Crippen LogP contribution >= 0.6 is 0 Å². The van der Waals surface area contributed by atoms with Gasteiger partial charge in [-0.25, -0.2) is 4.79 Å². The van der Waals surface area contributed by atoms with Gasteiger partial charge in [-0.15, -0.1) is 0 Å². The van der Waals surface area contributed by atoms with E-state index in [1.54, 1.807) is 0 Å². The highest BCUT2D eigenvalue weighted by molar-refractivity contribution is 6.27. The standard InChI is InChI=1S/C62H56O5/c1-36(2)28-38-29-43-12-10-39-14-20-48(52-24-18-44(30-38)56(43)58(39)52)41-16-22-50-51-23-17-42(34-55(51)62(54(50)33-41,35-67-60(64)65)26-8-7-9-27-66-37(3)63)49-21-15-40-11-13-45-31-47(61(4,5)6)32-46-19-25-53(49)59(40)57(45)46/h10-25,29-34,36H,7-9,26-28,35H2,1-6H3,(H,64,65). The molecule has 67 heavy (non-hydrogen) atoms. The van der Waals surface area contributed by atoms with Crippen LogP contribution in [0.15, 0.2) is 133 Å². The highest BCUT2D eigenvalue weighted by Gasteiger charge is 2.45. The fourth-order valence-electron chi connectivity index (χ4n) is 11.7. The van der Waals surface area contributed by atoms with E-state index in [1.165, 1.54) is 82.7 Å². The fourth-order valence-corrected chi connectivity index (χ4v) is 11.7. The van der Waals surface area contributed by atoms with Crippen LogP contribution in [0.1, 0.15) is 89.5 Å². The molecule has 10 aromatic carbocycles. The molecule has 1 aliphatic carbocycles. The second-order valence-electron chi connectivity index (χ2n) is 20.7. The lowest BCUT2D eigenvalue weighted by Crippen LogP contribution is -2.32. The summed E-state index contributed by atoms with van der Waals surface area (Å²) < 4.78 is 11.1. The average molecular weight is 881 g/mol. The average Bonchev–Trinajstić information content (AvgIpc) is 3.57. The van der Waals surface area contributed by atoms with Crippen LogP contribution in [0.25, 0.3) is 98.0 Å². The molecule has 0 amide bonds. The molecule has 0 bridgehead atoms. The number of esters is 1. The van der Waals surface area contributed by atoms with Crippen LogP contribution in [0, 0.1) is 5.92 Å². The van der Waals surface area contributed by atoms with Crippen molar-refractivity contribution >= 4 is 76.8 Å². The van der Waals surface area contributed by atoms with Gasteiger partial charge in [-0.1, -0.05) is 169 Å². The van der Waals surface area contributed by atoms with Crippen molar-refractivity contribution in [1.29, 1.82) is 0 Å². The van der Waals surface area contributed by atoms with E-state index in [-0.39, 0.29) is 18.0 Å². The number of carboxylic acid groups (broad SMARTS) is 1. The summed E-state index contributed by atoms with van der Waals surface area (Å²) in [5.41, 5.74) is 10.7. The monoisotopic (exact) mass is 880 g/mol. The van der Waals surface area contributed by atoms with Gasteiger partial charge >= 0.3 is 12.1 Å². The van der Waals surface area contributed by atoms with Gasteiger partial charge in [0.25, 0.3) is 0 Å². The molecule has 1 unspecified atom stereocenters. The van der Waals surface area contributed by atoms with Gasteiger partial charge in [0.15, 0.2) is 0 Å². The Bertz CT molecular complexity index is 3550. The van der Waals surface area contributed by atoms with Crippen LogP contribution in [0.4, 0.5) is 4.79 Å². The molecule has 0 saturated heterocycles. The summed E-state index contributed by atoms with van der Waals surface area (Å²) in [4.78, 5) is 24.1. The summed E-state index contributed by atoms with van der Waals surface area (Å²) in [5.74, 6) is 0.287. The summed E-state index contributed by atoms with van der Waals surface area (Å²) in [6.45, 7) is 13.1. The Hall–Kier alpha value is -6.98. The lowest BCUT2D eigenvalue weighted by Gasteiger charge is -2.32. The Balaban J connectivity index is 1.07. The first kappa shape index (κ1) is 42.6. The SMILES string of the molecule is CC(=O)OCCCCCC1(COC(=O)O)c2cc(-c3ccc4ccc5cc(CC(C)C)cc6ccc3c4c56)ccc2-c2ccc(-c3ccc4ccc5cc(C(C)(C)C)cc6ccc3c4c56)cc21. The third kappa shape index (κ3) is 7.22. The molecule has 1 aliphatic rings. The van der Waals surface area contributed by atoms with Gasteiger partial charge in [0.2, 0.25) is 0 Å². The van der Waals surface area contributed by atoms with Gasteiger partial charge in [0, 0.05) is 6.92 Å². The van der Waals surface area contributed by atoms with Crippen molar-refractivity contribution in [3.05, 3.63) is 156 Å². The number of fused-ring (bicyclic) bond motifs is 3. The topological polar surface area (TPSA) is 72.8 Å².